The van der Waals surface area contributed by atoms with E-state index in [1.54, 1.807) is 0 Å². The summed E-state index contributed by atoms with van der Waals surface area (Å²) < 4.78 is 0. The Bertz CT molecular complexity index is 513. The molecule has 1 atom stereocenters. The molecule has 108 valence electrons. The van der Waals surface area contributed by atoms with Crippen molar-refractivity contribution in [1.82, 2.24) is 0 Å². The van der Waals surface area contributed by atoms with Gasteiger partial charge in [-0.1, -0.05) is 40.5 Å². The van der Waals surface area contributed by atoms with Crippen LogP contribution in [0.1, 0.15) is 49.3 Å². The molecule has 1 aromatic carbocycles. The molecule has 0 bridgehead atoms. The Kier molecular flexibility index (Phi) is 6.49. The average Bonchev–Trinajstić information content (AvgIpc) is 2.45. The van der Waals surface area contributed by atoms with Crippen molar-refractivity contribution in [2.24, 2.45) is 0 Å². The number of ketones is 1. The predicted octanol–water partition coefficient (Wildman–Crippen LogP) is 4.72. The Morgan fingerprint density at radius 1 is 1.30 bits per heavy atom. The van der Waals surface area contributed by atoms with Crippen LogP contribution in [0.15, 0.2) is 18.2 Å². The lowest BCUT2D eigenvalue weighted by Gasteiger charge is -2.29. The third-order valence-electron chi connectivity index (χ3n) is 4.13. The number of halogens is 1. The lowest BCUT2D eigenvalue weighted by Crippen LogP contribution is -2.33. The van der Waals surface area contributed by atoms with Crippen LogP contribution in [0.25, 0.3) is 0 Å². The molecule has 0 aliphatic rings. The summed E-state index contributed by atoms with van der Waals surface area (Å²) in [5.74, 6) is 2.90. The van der Waals surface area contributed by atoms with Gasteiger partial charge in [-0.2, -0.15) is 0 Å². The predicted molar refractivity (Wildman–Crippen MR) is 89.4 cm³/mol. The van der Waals surface area contributed by atoms with Crippen LogP contribution in [0.3, 0.4) is 0 Å². The highest BCUT2D eigenvalue weighted by Crippen LogP contribution is 2.32. The topological polar surface area (TPSA) is 17.1 Å². The fraction of sp³-hybridized carbons (Fsp3) is 0.500. The molecule has 0 saturated heterocycles. The quantitative estimate of drug-likeness (QED) is 0.400. The van der Waals surface area contributed by atoms with Gasteiger partial charge >= 0.3 is 0 Å². The van der Waals surface area contributed by atoms with E-state index < -0.39 is 5.41 Å². The van der Waals surface area contributed by atoms with Gasteiger partial charge in [0.1, 0.15) is 0 Å². The first-order chi connectivity index (χ1) is 9.45. The van der Waals surface area contributed by atoms with Crippen LogP contribution in [-0.4, -0.2) is 11.1 Å². The van der Waals surface area contributed by atoms with Crippen molar-refractivity contribution < 1.29 is 4.79 Å². The van der Waals surface area contributed by atoms with E-state index in [9.17, 15) is 4.79 Å². The Hall–Kier alpha value is -1.07. The van der Waals surface area contributed by atoms with Crippen molar-refractivity contribution in [3.8, 4) is 12.3 Å². The van der Waals surface area contributed by atoms with Crippen LogP contribution in [0.2, 0.25) is 0 Å². The number of carbonyl (C=O) groups is 1. The molecule has 1 rings (SSSR count). The number of terminal acetylenes is 1. The summed E-state index contributed by atoms with van der Waals surface area (Å²) in [6.45, 7) is 6.24. The molecular formula is C18H23BrO. The Balaban J connectivity index is 3.01. The number of Topliss-reactive ketones (excluding diaryl/α,β-unsaturated/α-hetero) is 1. The molecule has 0 aliphatic carbocycles. The van der Waals surface area contributed by atoms with Crippen LogP contribution in [0.4, 0.5) is 0 Å². The first-order valence-corrected chi connectivity index (χ1v) is 8.18. The fourth-order valence-corrected chi connectivity index (χ4v) is 3.00. The standard InChI is InChI=1S/C18H23BrO/c1-5-6-7-8-11-18(4,17(20)13-19)16-10-9-14(2)15(3)12-16/h1,9-10,12H,6-8,11,13H2,2-4H3. The minimum atomic E-state index is -0.420. The van der Waals surface area contributed by atoms with Crippen molar-refractivity contribution in [2.45, 2.75) is 51.9 Å². The number of alkyl halides is 1. The first-order valence-electron chi connectivity index (χ1n) is 7.06. The normalized spacial score (nSPS) is 13.6. The van der Waals surface area contributed by atoms with Gasteiger partial charge in [-0.3, -0.25) is 4.79 Å². The molecular weight excluding hydrogens is 312 g/mol. The van der Waals surface area contributed by atoms with Gasteiger partial charge in [0.15, 0.2) is 5.78 Å². The molecule has 0 radical (unpaired) electrons. The molecule has 1 unspecified atom stereocenters. The number of unbranched alkanes of at least 4 members (excludes halogenated alkanes) is 2. The highest BCUT2D eigenvalue weighted by Gasteiger charge is 2.33. The summed E-state index contributed by atoms with van der Waals surface area (Å²) in [6.07, 6.45) is 8.88. The van der Waals surface area contributed by atoms with Gasteiger partial charge in [-0.25, -0.2) is 0 Å². The first kappa shape index (κ1) is 17.0. The van der Waals surface area contributed by atoms with E-state index in [-0.39, 0.29) is 5.78 Å². The van der Waals surface area contributed by atoms with E-state index in [1.807, 2.05) is 0 Å². The van der Waals surface area contributed by atoms with Gasteiger partial charge in [-0.05, 0) is 50.3 Å². The van der Waals surface area contributed by atoms with Crippen molar-refractivity contribution in [2.75, 3.05) is 5.33 Å². The number of carbonyl (C=O) groups excluding carboxylic acids is 1. The molecule has 0 saturated carbocycles. The SMILES string of the molecule is C#CCCCCC(C)(C(=O)CBr)c1ccc(C)c(C)c1. The van der Waals surface area contributed by atoms with E-state index in [0.29, 0.717) is 5.33 Å². The molecule has 1 nitrogen and oxygen atoms in total. The lowest BCUT2D eigenvalue weighted by atomic mass is 9.74. The summed E-state index contributed by atoms with van der Waals surface area (Å²) >= 11 is 3.32. The molecule has 0 heterocycles. The zero-order valence-electron chi connectivity index (χ0n) is 12.6. The summed E-state index contributed by atoms with van der Waals surface area (Å²) in [6, 6.07) is 6.34. The summed E-state index contributed by atoms with van der Waals surface area (Å²) in [5, 5.41) is 0.394. The maximum absolute atomic E-state index is 12.4. The minimum absolute atomic E-state index is 0.237. The fourth-order valence-electron chi connectivity index (χ4n) is 2.38. The van der Waals surface area contributed by atoms with E-state index in [0.717, 1.165) is 31.2 Å². The molecule has 0 N–H and O–H groups in total. The number of benzene rings is 1. The Labute approximate surface area is 131 Å². The highest BCUT2D eigenvalue weighted by molar-refractivity contribution is 9.09. The van der Waals surface area contributed by atoms with Crippen LogP contribution in [0, 0.1) is 26.2 Å². The lowest BCUT2D eigenvalue weighted by molar-refractivity contribution is -0.121. The Morgan fingerprint density at radius 3 is 2.55 bits per heavy atom. The van der Waals surface area contributed by atoms with Crippen LogP contribution in [-0.2, 0) is 10.2 Å². The second-order valence-electron chi connectivity index (χ2n) is 5.60. The van der Waals surface area contributed by atoms with E-state index in [4.69, 9.17) is 6.42 Å². The average molecular weight is 335 g/mol. The second kappa shape index (κ2) is 7.64. The Morgan fingerprint density at radius 2 is 2.00 bits per heavy atom. The van der Waals surface area contributed by atoms with Gasteiger partial charge in [0.05, 0.1) is 10.7 Å². The zero-order valence-corrected chi connectivity index (χ0v) is 14.2. The molecule has 20 heavy (non-hydrogen) atoms. The third-order valence-corrected chi connectivity index (χ3v) is 4.64. The van der Waals surface area contributed by atoms with Crippen LogP contribution < -0.4 is 0 Å². The molecule has 0 aromatic heterocycles. The van der Waals surface area contributed by atoms with Crippen LogP contribution >= 0.6 is 15.9 Å². The molecule has 2 heteroatoms. The number of hydrogen-bond donors (Lipinski definition) is 0. The van der Waals surface area contributed by atoms with Crippen molar-refractivity contribution in [3.63, 3.8) is 0 Å². The van der Waals surface area contributed by atoms with E-state index in [2.05, 4.69) is 60.8 Å². The zero-order chi connectivity index (χ0) is 15.2. The minimum Gasteiger partial charge on any atom is -0.298 e. The maximum Gasteiger partial charge on any atom is 0.153 e. The van der Waals surface area contributed by atoms with Crippen LogP contribution in [0.5, 0.6) is 0 Å². The monoisotopic (exact) mass is 334 g/mol. The summed E-state index contributed by atoms with van der Waals surface area (Å²) in [7, 11) is 0. The van der Waals surface area contributed by atoms with Gasteiger partial charge in [-0.15, -0.1) is 12.3 Å². The van der Waals surface area contributed by atoms with Crippen molar-refractivity contribution in [3.05, 3.63) is 34.9 Å². The van der Waals surface area contributed by atoms with Gasteiger partial charge in [0.2, 0.25) is 0 Å². The molecule has 1 aromatic rings. The maximum atomic E-state index is 12.4. The number of aryl methyl sites for hydroxylation is 2. The molecule has 0 aliphatic heterocycles. The largest absolute Gasteiger partial charge is 0.298 e. The summed E-state index contributed by atoms with van der Waals surface area (Å²) in [5.41, 5.74) is 3.19. The molecule has 0 fully saturated rings. The van der Waals surface area contributed by atoms with Crippen molar-refractivity contribution >= 4 is 21.7 Å². The third kappa shape index (κ3) is 3.96. The van der Waals surface area contributed by atoms with Gasteiger partial charge in [0, 0.05) is 6.42 Å². The highest BCUT2D eigenvalue weighted by atomic mass is 79.9. The number of rotatable bonds is 7. The van der Waals surface area contributed by atoms with Crippen molar-refractivity contribution in [1.29, 1.82) is 0 Å². The summed E-state index contributed by atoms with van der Waals surface area (Å²) in [4.78, 5) is 12.4. The molecule has 0 spiro atoms. The van der Waals surface area contributed by atoms with E-state index >= 15 is 0 Å². The van der Waals surface area contributed by atoms with Gasteiger partial charge in [0.25, 0.3) is 0 Å². The van der Waals surface area contributed by atoms with Gasteiger partial charge < -0.3 is 0 Å². The number of hydrogen-bond acceptors (Lipinski definition) is 1. The second-order valence-corrected chi connectivity index (χ2v) is 6.16. The molecule has 0 amide bonds. The van der Waals surface area contributed by atoms with E-state index in [1.165, 1.54) is 11.1 Å². The smallest absolute Gasteiger partial charge is 0.153 e.